The lowest BCUT2D eigenvalue weighted by molar-refractivity contribution is 0.0735. The van der Waals surface area contributed by atoms with E-state index in [4.69, 9.17) is 16.1 Å². The van der Waals surface area contributed by atoms with Gasteiger partial charge in [-0.1, -0.05) is 35.0 Å². The van der Waals surface area contributed by atoms with Gasteiger partial charge in [-0.3, -0.25) is 4.79 Å². The summed E-state index contributed by atoms with van der Waals surface area (Å²) in [6.45, 7) is 2.83. The molecule has 1 fully saturated rings. The second-order valence-electron chi connectivity index (χ2n) is 6.88. The Morgan fingerprint density at radius 1 is 1.07 bits per heavy atom. The first kappa shape index (κ1) is 17.6. The van der Waals surface area contributed by atoms with Gasteiger partial charge in [0.1, 0.15) is 0 Å². The molecule has 5 rings (SSSR count). The molecule has 1 aromatic heterocycles. The van der Waals surface area contributed by atoms with Crippen molar-refractivity contribution in [3.63, 3.8) is 0 Å². The number of benzene rings is 2. The molecule has 3 aromatic rings. The smallest absolute Gasteiger partial charge is 0.276 e. The highest BCUT2D eigenvalue weighted by molar-refractivity contribution is 7.98. The van der Waals surface area contributed by atoms with Crippen LogP contribution in [0.2, 0.25) is 5.02 Å². The molecule has 0 radical (unpaired) electrons. The van der Waals surface area contributed by atoms with Gasteiger partial charge in [-0.05, 0) is 30.3 Å². The van der Waals surface area contributed by atoms with Crippen LogP contribution in [0.3, 0.4) is 0 Å². The van der Waals surface area contributed by atoms with Crippen LogP contribution >= 0.6 is 23.4 Å². The third kappa shape index (κ3) is 3.06. The van der Waals surface area contributed by atoms with Crippen LogP contribution in [0.4, 0.5) is 5.69 Å². The molecule has 5 nitrogen and oxygen atoms in total. The fourth-order valence-electron chi connectivity index (χ4n) is 3.74. The summed E-state index contributed by atoms with van der Waals surface area (Å²) in [6, 6.07) is 15.9. The number of hydrogen-bond donors (Lipinski definition) is 0. The van der Waals surface area contributed by atoms with Crippen LogP contribution in [0, 0.1) is 0 Å². The molecule has 0 unspecified atom stereocenters. The van der Waals surface area contributed by atoms with Crippen molar-refractivity contribution in [3.05, 3.63) is 64.8 Å². The van der Waals surface area contributed by atoms with Gasteiger partial charge in [0.25, 0.3) is 5.91 Å². The summed E-state index contributed by atoms with van der Waals surface area (Å²) in [5.74, 6) is 1.39. The van der Waals surface area contributed by atoms with Gasteiger partial charge in [-0.25, -0.2) is 0 Å². The van der Waals surface area contributed by atoms with Crippen LogP contribution in [-0.4, -0.2) is 42.1 Å². The Balaban J connectivity index is 1.33. The van der Waals surface area contributed by atoms with Crippen LogP contribution in [0.5, 0.6) is 0 Å². The summed E-state index contributed by atoms with van der Waals surface area (Å²) >= 11 is 7.82. The number of piperazine rings is 1. The lowest BCUT2D eigenvalue weighted by atomic mass is 10.1. The monoisotopic (exact) mass is 411 g/mol. The first-order chi connectivity index (χ1) is 13.7. The average Bonchev–Trinajstić information content (AvgIpc) is 3.18. The lowest BCUT2D eigenvalue weighted by Gasteiger charge is -2.36. The van der Waals surface area contributed by atoms with Gasteiger partial charge in [0, 0.05) is 58.7 Å². The number of thioether (sulfide) groups is 1. The van der Waals surface area contributed by atoms with Gasteiger partial charge >= 0.3 is 0 Å². The predicted molar refractivity (Wildman–Crippen MR) is 111 cm³/mol. The SMILES string of the molecule is O=C(c1noc2c1CSc1ccccc1-2)N1CCN(c2cccc(Cl)c2)CC1. The molecule has 0 aliphatic carbocycles. The Bertz CT molecular complexity index is 1040. The summed E-state index contributed by atoms with van der Waals surface area (Å²) in [6.07, 6.45) is 0. The van der Waals surface area contributed by atoms with E-state index in [0.29, 0.717) is 24.5 Å². The second-order valence-corrected chi connectivity index (χ2v) is 8.34. The lowest BCUT2D eigenvalue weighted by Crippen LogP contribution is -2.49. The number of halogens is 1. The third-order valence-corrected chi connectivity index (χ3v) is 6.57. The molecule has 1 amide bonds. The highest BCUT2D eigenvalue weighted by atomic mass is 35.5. The Morgan fingerprint density at radius 2 is 1.89 bits per heavy atom. The van der Waals surface area contributed by atoms with Crippen LogP contribution in [0.15, 0.2) is 57.9 Å². The number of nitrogens with zero attached hydrogens (tertiary/aromatic N) is 3. The molecule has 0 saturated carbocycles. The fraction of sp³-hybridized carbons (Fsp3) is 0.238. The van der Waals surface area contributed by atoms with E-state index in [1.165, 1.54) is 4.90 Å². The first-order valence-corrected chi connectivity index (χ1v) is 10.6. The topological polar surface area (TPSA) is 49.6 Å². The average molecular weight is 412 g/mol. The summed E-state index contributed by atoms with van der Waals surface area (Å²) in [4.78, 5) is 18.4. The summed E-state index contributed by atoms with van der Waals surface area (Å²) in [7, 11) is 0. The third-order valence-electron chi connectivity index (χ3n) is 5.23. The van der Waals surface area contributed by atoms with Crippen molar-refractivity contribution in [2.24, 2.45) is 0 Å². The minimum atomic E-state index is -0.0456. The summed E-state index contributed by atoms with van der Waals surface area (Å²) < 4.78 is 5.59. The van der Waals surface area contributed by atoms with Crippen molar-refractivity contribution >= 4 is 35.0 Å². The minimum Gasteiger partial charge on any atom is -0.368 e. The van der Waals surface area contributed by atoms with Gasteiger partial charge < -0.3 is 14.3 Å². The van der Waals surface area contributed by atoms with Crippen molar-refractivity contribution in [2.45, 2.75) is 10.6 Å². The zero-order valence-corrected chi connectivity index (χ0v) is 16.7. The second kappa shape index (κ2) is 7.18. The van der Waals surface area contributed by atoms with E-state index in [-0.39, 0.29) is 5.91 Å². The van der Waals surface area contributed by atoms with Gasteiger partial charge in [-0.15, -0.1) is 11.8 Å². The van der Waals surface area contributed by atoms with Gasteiger partial charge in [0.05, 0.1) is 0 Å². The molecule has 1 saturated heterocycles. The van der Waals surface area contributed by atoms with Crippen LogP contribution in [-0.2, 0) is 5.75 Å². The van der Waals surface area contributed by atoms with Crippen molar-refractivity contribution in [2.75, 3.05) is 31.1 Å². The number of carbonyl (C=O) groups is 1. The van der Waals surface area contributed by atoms with Crippen molar-refractivity contribution in [3.8, 4) is 11.3 Å². The molecule has 2 aliphatic rings. The Morgan fingerprint density at radius 3 is 2.71 bits per heavy atom. The molecular formula is C21H18ClN3O2S. The number of rotatable bonds is 2. The number of anilines is 1. The van der Waals surface area contributed by atoms with Crippen molar-refractivity contribution in [1.29, 1.82) is 0 Å². The maximum Gasteiger partial charge on any atom is 0.276 e. The molecule has 0 atom stereocenters. The van der Waals surface area contributed by atoms with Crippen LogP contribution in [0.25, 0.3) is 11.3 Å². The largest absolute Gasteiger partial charge is 0.368 e. The fourth-order valence-corrected chi connectivity index (χ4v) is 4.99. The summed E-state index contributed by atoms with van der Waals surface area (Å²) in [5, 5.41) is 4.88. The van der Waals surface area contributed by atoms with E-state index in [9.17, 15) is 4.79 Å². The molecule has 0 bridgehead atoms. The normalized spacial score (nSPS) is 15.9. The molecule has 2 aromatic carbocycles. The maximum atomic E-state index is 13.1. The zero-order chi connectivity index (χ0) is 19.1. The molecule has 0 N–H and O–H groups in total. The van der Waals surface area contributed by atoms with Gasteiger partial charge in [-0.2, -0.15) is 0 Å². The van der Waals surface area contributed by atoms with E-state index in [1.807, 2.05) is 47.4 Å². The number of hydrogen-bond acceptors (Lipinski definition) is 5. The van der Waals surface area contributed by atoms with E-state index >= 15 is 0 Å². The van der Waals surface area contributed by atoms with Crippen LogP contribution < -0.4 is 4.90 Å². The zero-order valence-electron chi connectivity index (χ0n) is 15.1. The molecule has 7 heteroatoms. The highest BCUT2D eigenvalue weighted by Gasteiger charge is 2.31. The molecule has 142 valence electrons. The van der Waals surface area contributed by atoms with Gasteiger partial charge in [0.15, 0.2) is 11.5 Å². The number of fused-ring (bicyclic) bond motifs is 3. The van der Waals surface area contributed by atoms with Crippen molar-refractivity contribution < 1.29 is 9.32 Å². The molecule has 2 aliphatic heterocycles. The van der Waals surface area contributed by atoms with E-state index in [1.54, 1.807) is 11.8 Å². The quantitative estimate of drug-likeness (QED) is 0.618. The Labute approximate surface area is 172 Å². The molecule has 0 spiro atoms. The Hall–Kier alpha value is -2.44. The molecule has 28 heavy (non-hydrogen) atoms. The molecule has 3 heterocycles. The van der Waals surface area contributed by atoms with E-state index in [0.717, 1.165) is 40.7 Å². The molecular weight excluding hydrogens is 394 g/mol. The number of amides is 1. The first-order valence-electron chi connectivity index (χ1n) is 9.21. The number of carbonyl (C=O) groups excluding carboxylic acids is 1. The number of aromatic nitrogens is 1. The van der Waals surface area contributed by atoms with E-state index < -0.39 is 0 Å². The highest BCUT2D eigenvalue weighted by Crippen LogP contribution is 2.42. The Kier molecular flexibility index (Phi) is 4.53. The van der Waals surface area contributed by atoms with Gasteiger partial charge in [0.2, 0.25) is 0 Å². The van der Waals surface area contributed by atoms with Crippen LogP contribution in [0.1, 0.15) is 16.1 Å². The minimum absolute atomic E-state index is 0.0456. The van der Waals surface area contributed by atoms with E-state index in [2.05, 4.69) is 16.1 Å². The maximum absolute atomic E-state index is 13.1. The van der Waals surface area contributed by atoms with Crippen molar-refractivity contribution in [1.82, 2.24) is 10.1 Å². The summed E-state index contributed by atoms with van der Waals surface area (Å²) in [5.41, 5.74) is 3.47. The standard InChI is InChI=1S/C21H18ClN3O2S/c22-14-4-3-5-15(12-14)24-8-10-25(11-9-24)21(26)19-17-13-28-18-7-2-1-6-16(18)20(17)27-23-19/h1-7,12H,8-11,13H2. The predicted octanol–water partition coefficient (Wildman–Crippen LogP) is 4.56.